The number of hydrogen-bond acceptors (Lipinski definition) is 11. The van der Waals surface area contributed by atoms with Gasteiger partial charge in [0.2, 0.25) is 10.0 Å². The fraction of sp³-hybridized carbons (Fsp3) is 0.552. The SMILES string of the molecule is COc1ccc(S(=O)(=O)N(CC(C)C)C[C@@H](O)[C@H](Cc2ccc(OS(=O)(=O)C(F)(F)F)cc2)NC(=O)OC2CO[C@H]3OCC[C@@H]23)cc1. The number of alkyl halides is 3. The smallest absolute Gasteiger partial charge is 0.497 e. The average molecular weight is 711 g/mol. The van der Waals surface area contributed by atoms with Crippen LogP contribution in [0.25, 0.3) is 0 Å². The third-order valence-electron chi connectivity index (χ3n) is 7.54. The van der Waals surface area contributed by atoms with E-state index in [1.807, 2.05) is 0 Å². The molecular formula is C29H37F3N2O11S2. The maximum atomic E-state index is 13.7. The number of alkyl carbamates (subject to hydrolysis) is 1. The monoisotopic (exact) mass is 710 g/mol. The molecule has 2 heterocycles. The predicted molar refractivity (Wildman–Crippen MR) is 159 cm³/mol. The van der Waals surface area contributed by atoms with Crippen LogP contribution in [0.4, 0.5) is 18.0 Å². The number of halogens is 3. The van der Waals surface area contributed by atoms with Crippen LogP contribution in [0.1, 0.15) is 25.8 Å². The van der Waals surface area contributed by atoms with Crippen LogP contribution in [0.15, 0.2) is 53.4 Å². The van der Waals surface area contributed by atoms with Gasteiger partial charge in [-0.05, 0) is 60.7 Å². The van der Waals surface area contributed by atoms with Crippen molar-refractivity contribution in [3.05, 3.63) is 54.1 Å². The summed E-state index contributed by atoms with van der Waals surface area (Å²) in [5.74, 6) is -0.506. The Hall–Kier alpha value is -3.16. The zero-order valence-corrected chi connectivity index (χ0v) is 27.4. The first-order valence-electron chi connectivity index (χ1n) is 14.6. The molecule has 0 spiro atoms. The van der Waals surface area contributed by atoms with Gasteiger partial charge in [-0.15, -0.1) is 0 Å². The molecule has 2 fully saturated rings. The molecule has 5 atom stereocenters. The second kappa shape index (κ2) is 14.9. The Kier molecular flexibility index (Phi) is 11.7. The lowest BCUT2D eigenvalue weighted by Crippen LogP contribution is -2.51. The number of fused-ring (bicyclic) bond motifs is 1. The molecule has 2 aliphatic heterocycles. The number of sulfonamides is 1. The van der Waals surface area contributed by atoms with Gasteiger partial charge >= 0.3 is 21.7 Å². The minimum absolute atomic E-state index is 0.0186. The summed E-state index contributed by atoms with van der Waals surface area (Å²) in [6, 6.07) is 8.99. The maximum absolute atomic E-state index is 13.7. The summed E-state index contributed by atoms with van der Waals surface area (Å²) < 4.78 is 115. The van der Waals surface area contributed by atoms with Gasteiger partial charge in [0.15, 0.2) is 6.29 Å². The molecule has 2 aromatic rings. The Morgan fingerprint density at radius 3 is 2.26 bits per heavy atom. The molecule has 2 aliphatic rings. The van der Waals surface area contributed by atoms with Crippen molar-refractivity contribution in [2.75, 3.05) is 33.4 Å². The van der Waals surface area contributed by atoms with E-state index in [1.54, 1.807) is 13.8 Å². The number of hydrogen-bond donors (Lipinski definition) is 2. The molecule has 2 saturated heterocycles. The van der Waals surface area contributed by atoms with Gasteiger partial charge in [-0.25, -0.2) is 13.2 Å². The van der Waals surface area contributed by atoms with Gasteiger partial charge in [0.25, 0.3) is 0 Å². The van der Waals surface area contributed by atoms with Crippen LogP contribution in [0.2, 0.25) is 0 Å². The number of benzene rings is 2. The van der Waals surface area contributed by atoms with Crippen molar-refractivity contribution in [3.8, 4) is 11.5 Å². The minimum Gasteiger partial charge on any atom is -0.497 e. The number of ether oxygens (including phenoxy) is 4. The first kappa shape index (κ1) is 36.7. The summed E-state index contributed by atoms with van der Waals surface area (Å²) in [6.45, 7) is 3.69. The van der Waals surface area contributed by atoms with Crippen LogP contribution < -0.4 is 14.2 Å². The van der Waals surface area contributed by atoms with Crippen molar-refractivity contribution >= 4 is 26.2 Å². The summed E-state index contributed by atoms with van der Waals surface area (Å²) in [5, 5.41) is 14.0. The molecule has 0 aliphatic carbocycles. The first-order chi connectivity index (χ1) is 22.0. The predicted octanol–water partition coefficient (Wildman–Crippen LogP) is 3.03. The van der Waals surface area contributed by atoms with Crippen molar-refractivity contribution in [1.82, 2.24) is 9.62 Å². The number of nitrogens with zero attached hydrogens (tertiary/aromatic N) is 1. The summed E-state index contributed by atoms with van der Waals surface area (Å²) in [7, 11) is -8.60. The Balaban J connectivity index is 1.55. The number of aliphatic hydroxyl groups excluding tert-OH is 1. The molecule has 18 heteroatoms. The Labute approximate surface area is 271 Å². The van der Waals surface area contributed by atoms with Gasteiger partial charge in [0, 0.05) is 13.1 Å². The van der Waals surface area contributed by atoms with Crippen LogP contribution in [0, 0.1) is 11.8 Å². The van der Waals surface area contributed by atoms with Gasteiger partial charge in [-0.2, -0.15) is 25.9 Å². The molecule has 0 radical (unpaired) electrons. The first-order valence-corrected chi connectivity index (χ1v) is 17.5. The van der Waals surface area contributed by atoms with Crippen molar-refractivity contribution in [3.63, 3.8) is 0 Å². The minimum atomic E-state index is -5.90. The number of carbonyl (C=O) groups excluding carboxylic acids is 1. The van der Waals surface area contributed by atoms with Gasteiger partial charge in [0.1, 0.15) is 17.6 Å². The number of aliphatic hydroxyl groups is 1. The normalized spacial score (nSPS) is 21.3. The standard InChI is InChI=1S/C29H37F3N2O11S2/c1-18(2)15-34(46(37,38)22-10-8-20(41-3)9-11-22)16-25(35)24(33-28(36)44-26-17-43-27-23(26)12-13-42-27)14-19-4-6-21(7-5-19)45-47(39,40)29(30,31)32/h4-11,18,23-27,35H,12-17H2,1-3H3,(H,33,36)/t23-,24-,25+,26?,27+/m0/s1. The third kappa shape index (κ3) is 9.26. The second-order valence-corrected chi connectivity index (χ2v) is 15.0. The molecule has 0 saturated carbocycles. The van der Waals surface area contributed by atoms with Crippen LogP contribution in [0.5, 0.6) is 11.5 Å². The topological polar surface area (TPSA) is 167 Å². The summed E-state index contributed by atoms with van der Waals surface area (Å²) in [4.78, 5) is 13.0. The lowest BCUT2D eigenvalue weighted by atomic mass is 10.0. The van der Waals surface area contributed by atoms with Gasteiger partial charge < -0.3 is 33.6 Å². The van der Waals surface area contributed by atoms with Gasteiger partial charge in [-0.1, -0.05) is 26.0 Å². The van der Waals surface area contributed by atoms with E-state index in [4.69, 9.17) is 18.9 Å². The van der Waals surface area contributed by atoms with Crippen molar-refractivity contribution in [2.24, 2.45) is 11.8 Å². The quantitative estimate of drug-likeness (QED) is 0.219. The summed E-state index contributed by atoms with van der Waals surface area (Å²) in [6.07, 6.45) is -3.10. The van der Waals surface area contributed by atoms with E-state index in [0.29, 0.717) is 24.3 Å². The lowest BCUT2D eigenvalue weighted by Gasteiger charge is -2.31. The highest BCUT2D eigenvalue weighted by molar-refractivity contribution is 7.89. The Morgan fingerprint density at radius 2 is 1.66 bits per heavy atom. The number of carbonyl (C=O) groups is 1. The highest BCUT2D eigenvalue weighted by atomic mass is 32.2. The maximum Gasteiger partial charge on any atom is 0.534 e. The highest BCUT2D eigenvalue weighted by Gasteiger charge is 2.48. The molecular weight excluding hydrogens is 673 g/mol. The molecule has 47 heavy (non-hydrogen) atoms. The van der Waals surface area contributed by atoms with E-state index in [2.05, 4.69) is 9.50 Å². The third-order valence-corrected chi connectivity index (χ3v) is 10.4. The second-order valence-electron chi connectivity index (χ2n) is 11.5. The number of methoxy groups -OCH3 is 1. The van der Waals surface area contributed by atoms with Crippen LogP contribution in [0.3, 0.4) is 0 Å². The van der Waals surface area contributed by atoms with Gasteiger partial charge in [0.05, 0.1) is 43.3 Å². The molecule has 2 aromatic carbocycles. The number of amides is 1. The fourth-order valence-electron chi connectivity index (χ4n) is 5.17. The van der Waals surface area contributed by atoms with Crippen LogP contribution >= 0.6 is 0 Å². The van der Waals surface area contributed by atoms with Gasteiger partial charge in [-0.3, -0.25) is 0 Å². The van der Waals surface area contributed by atoms with Crippen molar-refractivity contribution < 1.29 is 63.0 Å². The molecule has 13 nitrogen and oxygen atoms in total. The summed E-state index contributed by atoms with van der Waals surface area (Å²) >= 11 is 0. The van der Waals surface area contributed by atoms with Crippen LogP contribution in [-0.4, -0.2) is 95.8 Å². The fourth-order valence-corrected chi connectivity index (χ4v) is 7.25. The molecule has 262 valence electrons. The molecule has 2 N–H and O–H groups in total. The number of rotatable bonds is 14. The molecule has 0 aromatic heterocycles. The molecule has 4 rings (SSSR count). The number of nitrogens with one attached hydrogen (secondary N) is 1. The van der Waals surface area contributed by atoms with E-state index < -0.39 is 68.6 Å². The average Bonchev–Trinajstić information content (AvgIpc) is 3.61. The van der Waals surface area contributed by atoms with E-state index >= 15 is 0 Å². The van der Waals surface area contributed by atoms with Crippen LogP contribution in [-0.2, 0) is 40.8 Å². The lowest BCUT2D eigenvalue weighted by molar-refractivity contribution is -0.0907. The van der Waals surface area contributed by atoms with E-state index in [-0.39, 0.29) is 36.3 Å². The Morgan fingerprint density at radius 1 is 1.02 bits per heavy atom. The zero-order valence-electron chi connectivity index (χ0n) is 25.8. The van der Waals surface area contributed by atoms with E-state index in [9.17, 15) is 39.9 Å². The van der Waals surface area contributed by atoms with E-state index in [1.165, 1.54) is 43.5 Å². The largest absolute Gasteiger partial charge is 0.534 e. The molecule has 0 bridgehead atoms. The zero-order chi connectivity index (χ0) is 34.6. The van der Waals surface area contributed by atoms with E-state index in [0.717, 1.165) is 16.4 Å². The van der Waals surface area contributed by atoms with Crippen molar-refractivity contribution in [1.29, 1.82) is 0 Å². The van der Waals surface area contributed by atoms with Crippen molar-refractivity contribution in [2.45, 2.75) is 61.6 Å². The Bertz CT molecular complexity index is 1570. The molecule has 1 amide bonds. The summed E-state index contributed by atoms with van der Waals surface area (Å²) in [5.41, 5.74) is -5.29. The highest BCUT2D eigenvalue weighted by Crippen LogP contribution is 2.33. The molecule has 1 unspecified atom stereocenters.